The zero-order valence-corrected chi connectivity index (χ0v) is 39.3. The van der Waals surface area contributed by atoms with E-state index in [0.717, 1.165) is 64.2 Å². The Morgan fingerprint density at radius 3 is 1.58 bits per heavy atom. The first-order valence-corrected chi connectivity index (χ1v) is 25.0. The van der Waals surface area contributed by atoms with Crippen molar-refractivity contribution < 1.29 is 68.2 Å². The SMILES string of the molecule is CCCCC/C=C\C/C=C\C/C=C\C=C\[C@H](O)CCCC(=O)O[C@H](COC(=O)CCCCCC/C=C\C/C=C\C/C=C\CCCCC)COP(=O)(O)OC1[C@H](O)[C@H](O)C(O)[C@H](O)[C@H]1O. The van der Waals surface area contributed by atoms with Gasteiger partial charge in [0.15, 0.2) is 6.10 Å². The Kier molecular flexibility index (Phi) is 35.2. The predicted molar refractivity (Wildman–Crippen MR) is 250 cm³/mol. The van der Waals surface area contributed by atoms with Gasteiger partial charge in [-0.2, -0.15) is 0 Å². The molecule has 14 nitrogen and oxygen atoms in total. The molecule has 1 aliphatic carbocycles. The van der Waals surface area contributed by atoms with Crippen molar-refractivity contribution in [2.45, 2.75) is 198 Å². The quantitative estimate of drug-likeness (QED) is 0.0102. The van der Waals surface area contributed by atoms with E-state index < -0.39 is 81.8 Å². The van der Waals surface area contributed by atoms with Crippen LogP contribution in [-0.4, -0.2) is 110 Å². The summed E-state index contributed by atoms with van der Waals surface area (Å²) in [6.07, 6.45) is 32.2. The average molecular weight is 925 g/mol. The number of aliphatic hydroxyl groups is 6. The highest BCUT2D eigenvalue weighted by Gasteiger charge is 2.51. The van der Waals surface area contributed by atoms with Crippen LogP contribution < -0.4 is 0 Å². The molecule has 1 fully saturated rings. The Bertz CT molecular complexity index is 1460. The molecule has 0 amide bonds. The van der Waals surface area contributed by atoms with Gasteiger partial charge >= 0.3 is 19.8 Å². The molecule has 0 aromatic heterocycles. The fraction of sp³-hybridized carbons (Fsp3) is 0.673. The first kappa shape index (κ1) is 59.0. The van der Waals surface area contributed by atoms with Crippen LogP contribution in [0.25, 0.3) is 0 Å². The van der Waals surface area contributed by atoms with E-state index in [0.29, 0.717) is 6.42 Å². The second-order valence-electron chi connectivity index (χ2n) is 16.1. The number of allylic oxidation sites excluding steroid dienone is 13. The van der Waals surface area contributed by atoms with E-state index in [1.807, 2.05) is 12.2 Å². The van der Waals surface area contributed by atoms with Crippen LogP contribution in [0.3, 0.4) is 0 Å². The molecule has 0 saturated heterocycles. The molecule has 3 unspecified atom stereocenters. The number of rotatable bonds is 37. The molecular formula is C49H81O14P. The molecular weight excluding hydrogens is 843 g/mol. The van der Waals surface area contributed by atoms with Crippen LogP contribution in [-0.2, 0) is 32.7 Å². The lowest BCUT2D eigenvalue weighted by molar-refractivity contribution is -0.220. The van der Waals surface area contributed by atoms with Gasteiger partial charge in [0.1, 0.15) is 43.2 Å². The fourth-order valence-electron chi connectivity index (χ4n) is 6.45. The number of carbonyl (C=O) groups excluding carboxylic acids is 2. The van der Waals surface area contributed by atoms with E-state index >= 15 is 0 Å². The Hall–Kier alpha value is -3.01. The third-order valence-corrected chi connectivity index (χ3v) is 11.3. The summed E-state index contributed by atoms with van der Waals surface area (Å²) in [4.78, 5) is 35.7. The molecule has 0 aromatic rings. The molecule has 0 aromatic carbocycles. The van der Waals surface area contributed by atoms with Gasteiger partial charge < -0.3 is 45.0 Å². The van der Waals surface area contributed by atoms with Crippen LogP contribution in [0.2, 0.25) is 0 Å². The van der Waals surface area contributed by atoms with Crippen molar-refractivity contribution in [1.29, 1.82) is 0 Å². The molecule has 15 heteroatoms. The maximum absolute atomic E-state index is 12.8. The largest absolute Gasteiger partial charge is 0.472 e. The van der Waals surface area contributed by atoms with Crippen LogP contribution in [0.5, 0.6) is 0 Å². The second-order valence-corrected chi connectivity index (χ2v) is 17.5. The minimum Gasteiger partial charge on any atom is -0.462 e. The van der Waals surface area contributed by atoms with Crippen LogP contribution in [0.4, 0.5) is 0 Å². The van der Waals surface area contributed by atoms with Crippen molar-refractivity contribution in [3.63, 3.8) is 0 Å². The minimum absolute atomic E-state index is 0.0962. The molecule has 0 aliphatic heterocycles. The molecule has 1 rings (SSSR count). The molecule has 0 bridgehead atoms. The Morgan fingerprint density at radius 1 is 0.562 bits per heavy atom. The number of hydrogen-bond donors (Lipinski definition) is 7. The van der Waals surface area contributed by atoms with E-state index in [1.165, 1.54) is 38.5 Å². The van der Waals surface area contributed by atoms with Crippen molar-refractivity contribution in [2.75, 3.05) is 13.2 Å². The van der Waals surface area contributed by atoms with Gasteiger partial charge in [0.25, 0.3) is 0 Å². The highest BCUT2D eigenvalue weighted by atomic mass is 31.2. The minimum atomic E-state index is -5.18. The third kappa shape index (κ3) is 30.2. The lowest BCUT2D eigenvalue weighted by Crippen LogP contribution is -2.64. The number of carbonyl (C=O) groups is 2. The summed E-state index contributed by atoms with van der Waals surface area (Å²) < 4.78 is 33.4. The van der Waals surface area contributed by atoms with Crippen molar-refractivity contribution in [1.82, 2.24) is 0 Å². The van der Waals surface area contributed by atoms with Gasteiger partial charge in [-0.05, 0) is 83.5 Å². The zero-order valence-electron chi connectivity index (χ0n) is 38.4. The van der Waals surface area contributed by atoms with E-state index in [9.17, 15) is 49.7 Å². The standard InChI is InChI=1S/C49H81O14P/c1-3-5-7-9-11-13-15-17-18-19-20-22-24-26-28-30-32-36-42(51)60-38-41(39-61-64(58,59)63-49-47(56)45(54)44(53)46(55)48(49)57)62-43(52)37-33-35-40(50)34-31-29-27-25-23-21-16-14-12-10-8-6-4-2/h11-14,17-18,20-23,27,29,31,34,40-41,44-50,53-57H,3-10,15-16,19,24-26,28,30,32-33,35-39H2,1-2H3,(H,58,59)/b13-11-,14-12-,18-17-,22-20-,23-21-,29-27-,34-31+/t40-,41+,44?,45-,46+,47+,48+,49?/m0/s1. The molecule has 64 heavy (non-hydrogen) atoms. The fourth-order valence-corrected chi connectivity index (χ4v) is 7.43. The van der Waals surface area contributed by atoms with Crippen LogP contribution in [0, 0.1) is 0 Å². The predicted octanol–water partition coefficient (Wildman–Crippen LogP) is 8.25. The monoisotopic (exact) mass is 925 g/mol. The van der Waals surface area contributed by atoms with Gasteiger partial charge in [-0.3, -0.25) is 18.6 Å². The number of esters is 2. The molecule has 1 aliphatic rings. The van der Waals surface area contributed by atoms with E-state index in [-0.39, 0.29) is 25.7 Å². The summed E-state index contributed by atoms with van der Waals surface area (Å²) in [6.45, 7) is 3.05. The summed E-state index contributed by atoms with van der Waals surface area (Å²) in [5.74, 6) is -1.34. The highest BCUT2D eigenvalue weighted by molar-refractivity contribution is 7.47. The van der Waals surface area contributed by atoms with Crippen LogP contribution >= 0.6 is 7.82 Å². The van der Waals surface area contributed by atoms with E-state index in [4.69, 9.17) is 18.5 Å². The van der Waals surface area contributed by atoms with Gasteiger partial charge in [-0.25, -0.2) is 4.57 Å². The summed E-state index contributed by atoms with van der Waals surface area (Å²) in [5, 5.41) is 60.5. The smallest absolute Gasteiger partial charge is 0.462 e. The van der Waals surface area contributed by atoms with E-state index in [1.54, 1.807) is 12.2 Å². The average Bonchev–Trinajstić information content (AvgIpc) is 3.27. The molecule has 0 spiro atoms. The maximum Gasteiger partial charge on any atom is 0.472 e. The highest BCUT2D eigenvalue weighted by Crippen LogP contribution is 2.47. The maximum atomic E-state index is 12.8. The van der Waals surface area contributed by atoms with E-state index in [2.05, 4.69) is 74.6 Å². The van der Waals surface area contributed by atoms with Crippen LogP contribution in [0.15, 0.2) is 85.1 Å². The molecule has 0 radical (unpaired) electrons. The first-order chi connectivity index (χ1) is 30.8. The first-order valence-electron chi connectivity index (χ1n) is 23.5. The van der Waals surface area contributed by atoms with Gasteiger partial charge in [-0.15, -0.1) is 0 Å². The molecule has 0 heterocycles. The second kappa shape index (κ2) is 38.1. The number of phosphoric acid groups is 1. The Labute approximate surface area is 382 Å². The van der Waals surface area contributed by atoms with Crippen molar-refractivity contribution >= 4 is 19.8 Å². The third-order valence-electron chi connectivity index (χ3n) is 10.3. The Morgan fingerprint density at radius 2 is 1.03 bits per heavy atom. The van der Waals surface area contributed by atoms with Crippen molar-refractivity contribution in [3.8, 4) is 0 Å². The normalized spacial score (nSPS) is 22.8. The van der Waals surface area contributed by atoms with Crippen molar-refractivity contribution in [3.05, 3.63) is 85.1 Å². The summed E-state index contributed by atoms with van der Waals surface area (Å²) in [6, 6.07) is 0. The lowest BCUT2D eigenvalue weighted by Gasteiger charge is -2.41. The number of aliphatic hydroxyl groups excluding tert-OH is 6. The topological polar surface area (TPSA) is 230 Å². The van der Waals surface area contributed by atoms with Gasteiger partial charge in [-0.1, -0.05) is 137 Å². The van der Waals surface area contributed by atoms with Gasteiger partial charge in [0, 0.05) is 12.8 Å². The summed E-state index contributed by atoms with van der Waals surface area (Å²) in [7, 11) is -5.18. The molecule has 366 valence electrons. The molecule has 7 N–H and O–H groups in total. The summed E-state index contributed by atoms with van der Waals surface area (Å²) in [5.41, 5.74) is 0. The van der Waals surface area contributed by atoms with Crippen molar-refractivity contribution in [2.24, 2.45) is 0 Å². The zero-order chi connectivity index (χ0) is 47.3. The number of phosphoric ester groups is 1. The number of ether oxygens (including phenoxy) is 2. The van der Waals surface area contributed by atoms with Crippen LogP contribution in [0.1, 0.15) is 149 Å². The Balaban J connectivity index is 2.57. The van der Waals surface area contributed by atoms with Gasteiger partial charge in [0.2, 0.25) is 0 Å². The number of unbranched alkanes of at least 4 members (excludes halogenated alkanes) is 10. The van der Waals surface area contributed by atoms with Gasteiger partial charge in [0.05, 0.1) is 12.7 Å². The number of hydrogen-bond acceptors (Lipinski definition) is 13. The summed E-state index contributed by atoms with van der Waals surface area (Å²) >= 11 is 0. The lowest BCUT2D eigenvalue weighted by atomic mass is 9.85. The molecule has 1 saturated carbocycles. The molecule has 9 atom stereocenters.